The van der Waals surface area contributed by atoms with E-state index in [9.17, 15) is 14.7 Å². The highest BCUT2D eigenvalue weighted by atomic mass is 16.5. The summed E-state index contributed by atoms with van der Waals surface area (Å²) in [6.45, 7) is 0. The van der Waals surface area contributed by atoms with Crippen LogP contribution in [0, 0.1) is 0 Å². The Morgan fingerprint density at radius 2 is 1.47 bits per heavy atom. The van der Waals surface area contributed by atoms with Crippen LogP contribution >= 0.6 is 0 Å². The number of carbonyl (C=O) groups excluding carboxylic acids is 2. The van der Waals surface area contributed by atoms with Crippen molar-refractivity contribution >= 4 is 23.3 Å². The second-order valence-corrected chi connectivity index (χ2v) is 7.71. The van der Waals surface area contributed by atoms with Crippen molar-refractivity contribution in [1.82, 2.24) is 4.98 Å². The molecule has 4 aromatic rings. The Morgan fingerprint density at radius 1 is 0.794 bits per heavy atom. The van der Waals surface area contributed by atoms with Crippen molar-refractivity contribution in [2.75, 3.05) is 4.90 Å². The van der Waals surface area contributed by atoms with Crippen LogP contribution in [0.3, 0.4) is 0 Å². The number of aromatic nitrogens is 1. The van der Waals surface area contributed by atoms with Crippen LogP contribution in [-0.4, -0.2) is 21.8 Å². The Bertz CT molecular complexity index is 1370. The normalized spacial score (nSPS) is 17.1. The SMILES string of the molecule is O=C1C(=O)N(c2ccccn2)C(c2cccc(Oc3ccccc3)c2)/C1=C(/O)c1ccccc1. The average molecular weight is 448 g/mol. The first-order chi connectivity index (χ1) is 16.6. The highest BCUT2D eigenvalue weighted by molar-refractivity contribution is 6.51. The summed E-state index contributed by atoms with van der Waals surface area (Å²) in [7, 11) is 0. The molecule has 1 unspecified atom stereocenters. The van der Waals surface area contributed by atoms with E-state index in [1.165, 1.54) is 4.90 Å². The summed E-state index contributed by atoms with van der Waals surface area (Å²) >= 11 is 0. The zero-order valence-corrected chi connectivity index (χ0v) is 18.0. The molecule has 3 aromatic carbocycles. The van der Waals surface area contributed by atoms with Gasteiger partial charge in [0.25, 0.3) is 5.78 Å². The van der Waals surface area contributed by atoms with Crippen molar-refractivity contribution in [2.45, 2.75) is 6.04 Å². The number of aliphatic hydroxyl groups excluding tert-OH is 1. The van der Waals surface area contributed by atoms with Gasteiger partial charge >= 0.3 is 5.91 Å². The molecule has 1 fully saturated rings. The van der Waals surface area contributed by atoms with E-state index in [2.05, 4.69) is 4.98 Å². The zero-order chi connectivity index (χ0) is 23.5. The molecule has 0 radical (unpaired) electrons. The van der Waals surface area contributed by atoms with Crippen LogP contribution in [0.4, 0.5) is 5.82 Å². The molecule has 0 saturated carbocycles. The van der Waals surface area contributed by atoms with E-state index in [0.717, 1.165) is 0 Å². The fourth-order valence-corrected chi connectivity index (χ4v) is 4.00. The highest BCUT2D eigenvalue weighted by Gasteiger charge is 2.47. The number of ether oxygens (including phenoxy) is 1. The van der Waals surface area contributed by atoms with Crippen molar-refractivity contribution in [3.8, 4) is 11.5 Å². The van der Waals surface area contributed by atoms with E-state index in [4.69, 9.17) is 4.74 Å². The maximum atomic E-state index is 13.2. The zero-order valence-electron chi connectivity index (χ0n) is 18.0. The Morgan fingerprint density at radius 3 is 2.18 bits per heavy atom. The fraction of sp³-hybridized carbons (Fsp3) is 0.0357. The molecular weight excluding hydrogens is 428 g/mol. The molecule has 6 heteroatoms. The Balaban J connectivity index is 1.66. The Labute approximate surface area is 196 Å². The van der Waals surface area contributed by atoms with E-state index in [0.29, 0.717) is 28.4 Å². The number of amides is 1. The van der Waals surface area contributed by atoms with Crippen molar-refractivity contribution in [3.63, 3.8) is 0 Å². The molecule has 0 aliphatic carbocycles. The molecule has 1 aromatic heterocycles. The molecule has 34 heavy (non-hydrogen) atoms. The number of pyridine rings is 1. The minimum absolute atomic E-state index is 0.00119. The standard InChI is InChI=1S/C28H20N2O4/c31-26(19-10-3-1-4-11-19)24-25(30(28(33)27(24)32)23-16-7-8-17-29-23)20-12-9-15-22(18-20)34-21-13-5-2-6-14-21/h1-18,25,31H/b26-24-. The predicted molar refractivity (Wildman–Crippen MR) is 128 cm³/mol. The van der Waals surface area contributed by atoms with Crippen molar-refractivity contribution in [1.29, 1.82) is 0 Å². The number of para-hydroxylation sites is 1. The van der Waals surface area contributed by atoms with Crippen LogP contribution in [0.5, 0.6) is 11.5 Å². The smallest absolute Gasteiger partial charge is 0.301 e. The first-order valence-corrected chi connectivity index (χ1v) is 10.7. The lowest BCUT2D eigenvalue weighted by Gasteiger charge is -2.24. The molecule has 166 valence electrons. The summed E-state index contributed by atoms with van der Waals surface area (Å²) in [6, 6.07) is 29.4. The molecule has 1 aliphatic heterocycles. The minimum Gasteiger partial charge on any atom is -0.507 e. The summed E-state index contributed by atoms with van der Waals surface area (Å²) in [6.07, 6.45) is 1.55. The van der Waals surface area contributed by atoms with Gasteiger partial charge in [-0.25, -0.2) is 4.98 Å². The van der Waals surface area contributed by atoms with Gasteiger partial charge in [-0.1, -0.05) is 66.7 Å². The number of rotatable bonds is 5. The third kappa shape index (κ3) is 3.93. The second kappa shape index (κ2) is 9.03. The lowest BCUT2D eigenvalue weighted by Crippen LogP contribution is -2.30. The number of nitrogens with zero attached hydrogens (tertiary/aromatic N) is 2. The van der Waals surface area contributed by atoms with Gasteiger partial charge in [-0.3, -0.25) is 14.5 Å². The molecular formula is C28H20N2O4. The van der Waals surface area contributed by atoms with E-state index in [1.54, 1.807) is 72.9 Å². The average Bonchev–Trinajstić information content (AvgIpc) is 3.16. The minimum atomic E-state index is -0.880. The lowest BCUT2D eigenvalue weighted by atomic mass is 9.95. The van der Waals surface area contributed by atoms with Crippen LogP contribution in [0.25, 0.3) is 5.76 Å². The maximum Gasteiger partial charge on any atom is 0.301 e. The van der Waals surface area contributed by atoms with Crippen LogP contribution in [0.1, 0.15) is 17.2 Å². The third-order valence-corrected chi connectivity index (χ3v) is 5.54. The molecule has 1 amide bonds. The summed E-state index contributed by atoms with van der Waals surface area (Å²) < 4.78 is 5.97. The van der Waals surface area contributed by atoms with Gasteiger partial charge in [0, 0.05) is 11.8 Å². The van der Waals surface area contributed by atoms with Crippen LogP contribution in [0.2, 0.25) is 0 Å². The van der Waals surface area contributed by atoms with Gasteiger partial charge < -0.3 is 9.84 Å². The van der Waals surface area contributed by atoms with Gasteiger partial charge in [0.15, 0.2) is 0 Å². The first-order valence-electron chi connectivity index (χ1n) is 10.7. The highest BCUT2D eigenvalue weighted by Crippen LogP contribution is 2.42. The second-order valence-electron chi connectivity index (χ2n) is 7.71. The Hall–Kier alpha value is -4.71. The van der Waals surface area contributed by atoms with Crippen molar-refractivity contribution < 1.29 is 19.4 Å². The number of benzene rings is 3. The van der Waals surface area contributed by atoms with Crippen LogP contribution in [-0.2, 0) is 9.59 Å². The number of anilines is 1. The molecule has 1 N–H and O–H groups in total. The van der Waals surface area contributed by atoms with Crippen molar-refractivity contribution in [3.05, 3.63) is 126 Å². The first kappa shape index (κ1) is 21.2. The molecule has 1 saturated heterocycles. The molecule has 1 atom stereocenters. The lowest BCUT2D eigenvalue weighted by molar-refractivity contribution is -0.132. The van der Waals surface area contributed by atoms with Gasteiger partial charge in [0.2, 0.25) is 0 Å². The predicted octanol–water partition coefficient (Wildman–Crippen LogP) is 5.50. The summed E-state index contributed by atoms with van der Waals surface area (Å²) in [5.74, 6) is -0.257. The van der Waals surface area contributed by atoms with Gasteiger partial charge in [-0.15, -0.1) is 0 Å². The number of hydrogen-bond donors (Lipinski definition) is 1. The van der Waals surface area contributed by atoms with Gasteiger partial charge in [-0.2, -0.15) is 0 Å². The molecule has 1 aliphatic rings. The summed E-state index contributed by atoms with van der Waals surface area (Å²) in [5.41, 5.74) is 1.05. The molecule has 0 bridgehead atoms. The van der Waals surface area contributed by atoms with Gasteiger partial charge in [0.1, 0.15) is 23.1 Å². The summed E-state index contributed by atoms with van der Waals surface area (Å²) in [5, 5.41) is 11.1. The number of carbonyl (C=O) groups is 2. The molecule has 5 rings (SSSR count). The van der Waals surface area contributed by atoms with E-state index in [1.807, 2.05) is 36.4 Å². The number of Topliss-reactive ketones (excluding diaryl/α,β-unsaturated/α-hetero) is 1. The maximum absolute atomic E-state index is 13.2. The Kier molecular flexibility index (Phi) is 5.62. The van der Waals surface area contributed by atoms with Crippen molar-refractivity contribution in [2.24, 2.45) is 0 Å². The molecule has 6 nitrogen and oxygen atoms in total. The summed E-state index contributed by atoms with van der Waals surface area (Å²) in [4.78, 5) is 32.0. The van der Waals surface area contributed by atoms with E-state index >= 15 is 0 Å². The monoisotopic (exact) mass is 448 g/mol. The molecule has 2 heterocycles. The molecule has 0 spiro atoms. The van der Waals surface area contributed by atoms with Crippen LogP contribution in [0.15, 0.2) is 115 Å². The van der Waals surface area contributed by atoms with E-state index < -0.39 is 17.7 Å². The van der Waals surface area contributed by atoms with E-state index in [-0.39, 0.29) is 11.3 Å². The largest absolute Gasteiger partial charge is 0.507 e. The topological polar surface area (TPSA) is 79.7 Å². The third-order valence-electron chi connectivity index (χ3n) is 5.54. The number of aliphatic hydroxyl groups is 1. The van der Waals surface area contributed by atoms with Gasteiger partial charge in [0.05, 0.1) is 11.6 Å². The fourth-order valence-electron chi connectivity index (χ4n) is 4.00. The quantitative estimate of drug-likeness (QED) is 0.248. The van der Waals surface area contributed by atoms with Gasteiger partial charge in [-0.05, 0) is 42.0 Å². The number of ketones is 1. The van der Waals surface area contributed by atoms with Crippen LogP contribution < -0.4 is 9.64 Å². The number of hydrogen-bond acceptors (Lipinski definition) is 5.